The van der Waals surface area contributed by atoms with Crippen molar-refractivity contribution in [3.8, 4) is 0 Å². The lowest BCUT2D eigenvalue weighted by Gasteiger charge is -1.87. The first-order valence-electron chi connectivity index (χ1n) is 3.24. The highest BCUT2D eigenvalue weighted by Gasteiger charge is 2.10. The minimum absolute atomic E-state index is 0.193. The molecule has 0 spiro atoms. The van der Waals surface area contributed by atoms with E-state index < -0.39 is 5.91 Å². The number of nitrogens with zero attached hydrogens (tertiary/aromatic N) is 3. The molecule has 12 heavy (non-hydrogen) atoms. The molecular weight excluding hydrogens is 158 g/mol. The van der Waals surface area contributed by atoms with Crippen molar-refractivity contribution in [3.63, 3.8) is 0 Å². The zero-order chi connectivity index (χ0) is 8.55. The summed E-state index contributed by atoms with van der Waals surface area (Å²) in [4.78, 5) is 18.5. The SMILES string of the molecule is NC(=O)c1[nH]nc2nccnc12. The van der Waals surface area contributed by atoms with Crippen molar-refractivity contribution < 1.29 is 4.79 Å². The lowest BCUT2D eigenvalue weighted by Crippen LogP contribution is -2.12. The Morgan fingerprint density at radius 2 is 2.17 bits per heavy atom. The second-order valence-corrected chi connectivity index (χ2v) is 2.19. The van der Waals surface area contributed by atoms with Gasteiger partial charge in [0.25, 0.3) is 5.91 Å². The molecule has 0 fully saturated rings. The van der Waals surface area contributed by atoms with Gasteiger partial charge in [0.15, 0.2) is 11.3 Å². The zero-order valence-corrected chi connectivity index (χ0v) is 5.98. The Kier molecular flexibility index (Phi) is 1.26. The summed E-state index contributed by atoms with van der Waals surface area (Å²) in [5.74, 6) is -0.585. The van der Waals surface area contributed by atoms with E-state index in [9.17, 15) is 4.79 Å². The lowest BCUT2D eigenvalue weighted by atomic mass is 10.4. The van der Waals surface area contributed by atoms with Crippen LogP contribution in [-0.2, 0) is 0 Å². The number of hydrogen-bond donors (Lipinski definition) is 2. The monoisotopic (exact) mass is 163 g/mol. The zero-order valence-electron chi connectivity index (χ0n) is 5.98. The average Bonchev–Trinajstić information content (AvgIpc) is 2.47. The van der Waals surface area contributed by atoms with Crippen LogP contribution in [-0.4, -0.2) is 26.1 Å². The molecule has 6 nitrogen and oxygen atoms in total. The van der Waals surface area contributed by atoms with Gasteiger partial charge in [-0.1, -0.05) is 0 Å². The molecule has 0 saturated heterocycles. The lowest BCUT2D eigenvalue weighted by molar-refractivity contribution is 0.0997. The number of aromatic amines is 1. The minimum atomic E-state index is -0.585. The van der Waals surface area contributed by atoms with Gasteiger partial charge in [-0.2, -0.15) is 5.10 Å². The maximum absolute atomic E-state index is 10.8. The van der Waals surface area contributed by atoms with Crippen LogP contribution in [0.15, 0.2) is 12.4 Å². The summed E-state index contributed by atoms with van der Waals surface area (Å²) in [7, 11) is 0. The largest absolute Gasteiger partial charge is 0.364 e. The Balaban J connectivity index is 2.79. The smallest absolute Gasteiger partial charge is 0.269 e. The highest BCUT2D eigenvalue weighted by atomic mass is 16.1. The topological polar surface area (TPSA) is 97.6 Å². The number of carbonyl (C=O) groups excluding carboxylic acids is 1. The van der Waals surface area contributed by atoms with Crippen LogP contribution in [0.5, 0.6) is 0 Å². The summed E-state index contributed by atoms with van der Waals surface area (Å²) in [6.45, 7) is 0. The molecule has 6 heteroatoms. The molecule has 0 aliphatic carbocycles. The van der Waals surface area contributed by atoms with Crippen LogP contribution in [0.25, 0.3) is 11.2 Å². The standard InChI is InChI=1S/C6H5N5O/c7-5(12)3-4-6(11-10-3)9-2-1-8-4/h1-2H,(H2,7,12)(H,9,10,11). The van der Waals surface area contributed by atoms with Crippen molar-refractivity contribution in [3.05, 3.63) is 18.1 Å². The number of rotatable bonds is 1. The third kappa shape index (κ3) is 0.815. The molecule has 2 rings (SSSR count). The molecule has 2 heterocycles. The van der Waals surface area contributed by atoms with Gasteiger partial charge in [0.1, 0.15) is 5.52 Å². The first-order valence-corrected chi connectivity index (χ1v) is 3.24. The van der Waals surface area contributed by atoms with Gasteiger partial charge in [0, 0.05) is 12.4 Å². The van der Waals surface area contributed by atoms with E-state index in [0.29, 0.717) is 11.2 Å². The maximum Gasteiger partial charge on any atom is 0.269 e. The predicted molar refractivity (Wildman–Crippen MR) is 40.2 cm³/mol. The number of hydrogen-bond acceptors (Lipinski definition) is 4. The molecule has 1 amide bonds. The summed E-state index contributed by atoms with van der Waals surface area (Å²) in [5, 5.41) is 6.20. The number of aromatic nitrogens is 4. The van der Waals surface area contributed by atoms with E-state index in [1.54, 1.807) is 0 Å². The van der Waals surface area contributed by atoms with E-state index in [2.05, 4.69) is 20.2 Å². The van der Waals surface area contributed by atoms with Crippen molar-refractivity contribution in [1.82, 2.24) is 20.2 Å². The number of nitrogens with one attached hydrogen (secondary N) is 1. The van der Waals surface area contributed by atoms with Gasteiger partial charge >= 0.3 is 0 Å². The maximum atomic E-state index is 10.8. The fourth-order valence-corrected chi connectivity index (χ4v) is 0.922. The van der Waals surface area contributed by atoms with E-state index in [0.717, 1.165) is 0 Å². The van der Waals surface area contributed by atoms with Crippen LogP contribution >= 0.6 is 0 Å². The van der Waals surface area contributed by atoms with Crippen LogP contribution in [0.1, 0.15) is 10.5 Å². The van der Waals surface area contributed by atoms with Crippen LogP contribution in [0, 0.1) is 0 Å². The van der Waals surface area contributed by atoms with Gasteiger partial charge in [-0.25, -0.2) is 9.97 Å². The number of fused-ring (bicyclic) bond motifs is 1. The molecule has 0 radical (unpaired) electrons. The predicted octanol–water partition coefficient (Wildman–Crippen LogP) is -0.548. The highest BCUT2D eigenvalue weighted by molar-refractivity contribution is 6.01. The summed E-state index contributed by atoms with van der Waals surface area (Å²) in [6, 6.07) is 0. The fourth-order valence-electron chi connectivity index (χ4n) is 0.922. The molecule has 0 unspecified atom stereocenters. The number of H-pyrrole nitrogens is 1. The molecule has 0 bridgehead atoms. The Morgan fingerprint density at radius 3 is 2.92 bits per heavy atom. The van der Waals surface area contributed by atoms with E-state index in [4.69, 9.17) is 5.73 Å². The van der Waals surface area contributed by atoms with E-state index in [-0.39, 0.29) is 5.69 Å². The number of nitrogens with two attached hydrogens (primary N) is 1. The molecule has 0 aliphatic rings. The summed E-state index contributed by atoms with van der Waals surface area (Å²) >= 11 is 0. The van der Waals surface area contributed by atoms with Gasteiger partial charge in [0.05, 0.1) is 0 Å². The van der Waals surface area contributed by atoms with E-state index in [1.807, 2.05) is 0 Å². The second kappa shape index (κ2) is 2.26. The molecule has 2 aromatic rings. The third-order valence-corrected chi connectivity index (χ3v) is 1.44. The van der Waals surface area contributed by atoms with Gasteiger partial charge in [-0.15, -0.1) is 0 Å². The molecule has 0 saturated carbocycles. The quantitative estimate of drug-likeness (QED) is 0.589. The Labute approximate surface area is 66.8 Å². The van der Waals surface area contributed by atoms with Crippen LogP contribution in [0.2, 0.25) is 0 Å². The molecular formula is C6H5N5O. The molecule has 3 N–H and O–H groups in total. The summed E-state index contributed by atoms with van der Waals surface area (Å²) < 4.78 is 0. The van der Waals surface area contributed by atoms with Crippen LogP contribution in [0.4, 0.5) is 0 Å². The Bertz CT molecular complexity index is 434. The third-order valence-electron chi connectivity index (χ3n) is 1.44. The van der Waals surface area contributed by atoms with Crippen molar-refractivity contribution in [2.75, 3.05) is 0 Å². The van der Waals surface area contributed by atoms with Crippen molar-refractivity contribution in [1.29, 1.82) is 0 Å². The molecule has 0 aromatic carbocycles. The summed E-state index contributed by atoms with van der Waals surface area (Å²) in [6.07, 6.45) is 2.97. The molecule has 60 valence electrons. The molecule has 0 atom stereocenters. The normalized spacial score (nSPS) is 10.3. The van der Waals surface area contributed by atoms with Crippen LogP contribution in [0.3, 0.4) is 0 Å². The summed E-state index contributed by atoms with van der Waals surface area (Å²) in [5.41, 5.74) is 6.04. The molecule has 2 aromatic heterocycles. The van der Waals surface area contributed by atoms with E-state index >= 15 is 0 Å². The van der Waals surface area contributed by atoms with Crippen molar-refractivity contribution in [2.24, 2.45) is 5.73 Å². The van der Waals surface area contributed by atoms with Gasteiger partial charge in [0.2, 0.25) is 0 Å². The Morgan fingerprint density at radius 1 is 1.42 bits per heavy atom. The van der Waals surface area contributed by atoms with E-state index in [1.165, 1.54) is 12.4 Å². The number of amides is 1. The number of primary amides is 1. The van der Waals surface area contributed by atoms with Crippen molar-refractivity contribution in [2.45, 2.75) is 0 Å². The average molecular weight is 163 g/mol. The Hall–Kier alpha value is -1.98. The first kappa shape index (κ1) is 6.71. The van der Waals surface area contributed by atoms with Crippen LogP contribution < -0.4 is 5.73 Å². The highest BCUT2D eigenvalue weighted by Crippen LogP contribution is 2.07. The van der Waals surface area contributed by atoms with Gasteiger partial charge in [-0.3, -0.25) is 9.89 Å². The molecule has 0 aliphatic heterocycles. The van der Waals surface area contributed by atoms with Gasteiger partial charge in [-0.05, 0) is 0 Å². The minimum Gasteiger partial charge on any atom is -0.364 e. The fraction of sp³-hybridized carbons (Fsp3) is 0. The van der Waals surface area contributed by atoms with Gasteiger partial charge < -0.3 is 5.73 Å². The first-order chi connectivity index (χ1) is 5.79. The number of carbonyl (C=O) groups is 1. The van der Waals surface area contributed by atoms with Crippen molar-refractivity contribution >= 4 is 17.1 Å². The second-order valence-electron chi connectivity index (χ2n) is 2.19.